The van der Waals surface area contributed by atoms with Gasteiger partial charge in [-0.25, -0.2) is 0 Å². The third-order valence-electron chi connectivity index (χ3n) is 2.46. The minimum atomic E-state index is -0.728. The molecule has 0 N–H and O–H groups in total. The smallest absolute Gasteiger partial charge is 0.306 e. The maximum atomic E-state index is 12.1. The summed E-state index contributed by atoms with van der Waals surface area (Å²) in [5.74, 6) is -0.409. The normalized spacial score (nSPS) is 10.9. The van der Waals surface area contributed by atoms with Gasteiger partial charge in [-0.3, -0.25) is 9.59 Å². The van der Waals surface area contributed by atoms with Crippen LogP contribution in [0, 0.1) is 5.41 Å². The van der Waals surface area contributed by atoms with Crippen LogP contribution in [0.5, 0.6) is 0 Å². The van der Waals surface area contributed by atoms with Gasteiger partial charge in [0.2, 0.25) is 0 Å². The topological polar surface area (TPSA) is 43.4 Å². The van der Waals surface area contributed by atoms with Gasteiger partial charge in [-0.2, -0.15) is 0 Å². The van der Waals surface area contributed by atoms with Crippen molar-refractivity contribution in [1.82, 2.24) is 0 Å². The fourth-order valence-electron chi connectivity index (χ4n) is 1.49. The van der Waals surface area contributed by atoms with E-state index in [1.54, 1.807) is 38.1 Å². The molecular weight excluding hydrogens is 204 g/mol. The molecule has 0 saturated heterocycles. The third kappa shape index (κ3) is 2.92. The third-order valence-corrected chi connectivity index (χ3v) is 2.46. The molecule has 0 amide bonds. The summed E-state index contributed by atoms with van der Waals surface area (Å²) in [4.78, 5) is 23.3. The van der Waals surface area contributed by atoms with E-state index in [2.05, 4.69) is 4.74 Å². The predicted octanol–water partition coefficient (Wildman–Crippen LogP) is 2.46. The molecule has 0 radical (unpaired) electrons. The first-order valence-corrected chi connectivity index (χ1v) is 5.14. The number of ether oxygens (including phenoxy) is 1. The minimum absolute atomic E-state index is 0.0431. The number of hydrogen-bond donors (Lipinski definition) is 0. The molecule has 3 nitrogen and oxygen atoms in total. The Morgan fingerprint density at radius 3 is 2.25 bits per heavy atom. The van der Waals surface area contributed by atoms with Crippen molar-refractivity contribution < 1.29 is 14.3 Å². The Morgan fingerprint density at radius 1 is 1.19 bits per heavy atom. The molecule has 86 valence electrons. The second-order valence-corrected chi connectivity index (χ2v) is 4.33. The predicted molar refractivity (Wildman–Crippen MR) is 61.2 cm³/mol. The molecule has 0 aromatic heterocycles. The van der Waals surface area contributed by atoms with Crippen molar-refractivity contribution in [2.75, 3.05) is 7.11 Å². The molecule has 0 aliphatic carbocycles. The lowest BCUT2D eigenvalue weighted by Crippen LogP contribution is -2.28. The highest BCUT2D eigenvalue weighted by Gasteiger charge is 2.31. The molecule has 0 aliphatic heterocycles. The zero-order valence-electron chi connectivity index (χ0n) is 9.82. The molecular formula is C13H16O3. The monoisotopic (exact) mass is 220 g/mol. The van der Waals surface area contributed by atoms with Crippen LogP contribution in [0.15, 0.2) is 30.3 Å². The van der Waals surface area contributed by atoms with Crippen molar-refractivity contribution in [3.63, 3.8) is 0 Å². The van der Waals surface area contributed by atoms with Crippen LogP contribution in [0.3, 0.4) is 0 Å². The lowest BCUT2D eigenvalue weighted by Gasteiger charge is -2.21. The van der Waals surface area contributed by atoms with Crippen LogP contribution < -0.4 is 0 Å². The van der Waals surface area contributed by atoms with Crippen LogP contribution in [0.2, 0.25) is 0 Å². The highest BCUT2D eigenvalue weighted by Crippen LogP contribution is 2.26. The van der Waals surface area contributed by atoms with E-state index in [0.717, 1.165) is 0 Å². The Bertz CT molecular complexity index is 379. The number of carbonyl (C=O) groups excluding carboxylic acids is 2. The Morgan fingerprint density at radius 2 is 1.75 bits per heavy atom. The lowest BCUT2D eigenvalue weighted by molar-refractivity contribution is -0.142. The minimum Gasteiger partial charge on any atom is -0.469 e. The number of Topliss-reactive ketones (excluding diaryl/α,β-unsaturated/α-hetero) is 1. The Kier molecular flexibility index (Phi) is 3.82. The van der Waals surface area contributed by atoms with Crippen molar-refractivity contribution in [3.05, 3.63) is 35.9 Å². The van der Waals surface area contributed by atoms with Crippen LogP contribution in [-0.4, -0.2) is 18.9 Å². The van der Waals surface area contributed by atoms with E-state index in [1.807, 2.05) is 6.07 Å². The van der Waals surface area contributed by atoms with Crippen molar-refractivity contribution in [2.45, 2.75) is 20.3 Å². The highest BCUT2D eigenvalue weighted by atomic mass is 16.5. The van der Waals surface area contributed by atoms with Gasteiger partial charge in [-0.05, 0) is 0 Å². The summed E-state index contributed by atoms with van der Waals surface area (Å²) in [6.07, 6.45) is 0.0945. The SMILES string of the molecule is COC(=O)CC(C)(C)C(=O)c1ccccc1. The number of benzene rings is 1. The zero-order valence-corrected chi connectivity index (χ0v) is 9.82. The van der Waals surface area contributed by atoms with E-state index in [1.165, 1.54) is 7.11 Å². The number of methoxy groups -OCH3 is 1. The van der Waals surface area contributed by atoms with Crippen LogP contribution in [0.25, 0.3) is 0 Å². The lowest BCUT2D eigenvalue weighted by atomic mass is 9.81. The molecule has 1 aromatic carbocycles. The maximum absolute atomic E-state index is 12.1. The van der Waals surface area contributed by atoms with Crippen molar-refractivity contribution in [2.24, 2.45) is 5.41 Å². The number of carbonyl (C=O) groups is 2. The van der Waals surface area contributed by atoms with E-state index in [4.69, 9.17) is 0 Å². The van der Waals surface area contributed by atoms with Crippen LogP contribution in [0.1, 0.15) is 30.6 Å². The molecule has 1 rings (SSSR count). The van der Waals surface area contributed by atoms with Gasteiger partial charge in [0.1, 0.15) is 0 Å². The molecule has 0 aliphatic rings. The highest BCUT2D eigenvalue weighted by molar-refractivity contribution is 6.01. The van der Waals surface area contributed by atoms with Gasteiger partial charge < -0.3 is 4.74 Å². The summed E-state index contributed by atoms with van der Waals surface area (Å²) < 4.78 is 4.58. The molecule has 0 atom stereocenters. The number of hydrogen-bond acceptors (Lipinski definition) is 3. The van der Waals surface area contributed by atoms with E-state index in [9.17, 15) is 9.59 Å². The summed E-state index contributed by atoms with van der Waals surface area (Å²) in [5.41, 5.74) is -0.106. The zero-order chi connectivity index (χ0) is 12.2. The van der Waals surface area contributed by atoms with Gasteiger partial charge >= 0.3 is 5.97 Å². The summed E-state index contributed by atoms with van der Waals surface area (Å²) in [6.45, 7) is 3.50. The van der Waals surface area contributed by atoms with E-state index in [-0.39, 0.29) is 18.2 Å². The van der Waals surface area contributed by atoms with Crippen LogP contribution >= 0.6 is 0 Å². The van der Waals surface area contributed by atoms with Gasteiger partial charge in [-0.1, -0.05) is 44.2 Å². The molecule has 0 spiro atoms. The molecule has 16 heavy (non-hydrogen) atoms. The second-order valence-electron chi connectivity index (χ2n) is 4.33. The molecule has 0 unspecified atom stereocenters. The first-order chi connectivity index (χ1) is 7.47. The molecule has 0 fully saturated rings. The van der Waals surface area contributed by atoms with Gasteiger partial charge in [0, 0.05) is 11.0 Å². The Hall–Kier alpha value is -1.64. The van der Waals surface area contributed by atoms with Crippen molar-refractivity contribution >= 4 is 11.8 Å². The average molecular weight is 220 g/mol. The first-order valence-electron chi connectivity index (χ1n) is 5.14. The summed E-state index contributed by atoms with van der Waals surface area (Å²) in [5, 5.41) is 0. The van der Waals surface area contributed by atoms with Gasteiger partial charge in [-0.15, -0.1) is 0 Å². The molecule has 0 bridgehead atoms. The standard InChI is InChI=1S/C13H16O3/c1-13(2,9-11(14)16-3)12(15)10-7-5-4-6-8-10/h4-8H,9H2,1-3H3. The van der Waals surface area contributed by atoms with E-state index in [0.29, 0.717) is 5.56 Å². The molecule has 0 heterocycles. The molecule has 1 aromatic rings. The van der Waals surface area contributed by atoms with Gasteiger partial charge in [0.15, 0.2) is 5.78 Å². The summed E-state index contributed by atoms with van der Waals surface area (Å²) in [6, 6.07) is 8.97. The first kappa shape index (κ1) is 12.4. The Labute approximate surface area is 95.4 Å². The largest absolute Gasteiger partial charge is 0.469 e. The number of ketones is 1. The van der Waals surface area contributed by atoms with Crippen LogP contribution in [0.4, 0.5) is 0 Å². The van der Waals surface area contributed by atoms with Crippen molar-refractivity contribution in [3.8, 4) is 0 Å². The fraction of sp³-hybridized carbons (Fsp3) is 0.385. The quantitative estimate of drug-likeness (QED) is 0.578. The van der Waals surface area contributed by atoms with Crippen molar-refractivity contribution in [1.29, 1.82) is 0 Å². The molecule has 3 heteroatoms. The van der Waals surface area contributed by atoms with Gasteiger partial charge in [0.25, 0.3) is 0 Å². The summed E-state index contributed by atoms with van der Waals surface area (Å²) >= 11 is 0. The fourth-order valence-corrected chi connectivity index (χ4v) is 1.49. The summed E-state index contributed by atoms with van der Waals surface area (Å²) in [7, 11) is 1.32. The second kappa shape index (κ2) is 4.92. The Balaban J connectivity index is 2.84. The van der Waals surface area contributed by atoms with Gasteiger partial charge in [0.05, 0.1) is 13.5 Å². The molecule has 0 saturated carbocycles. The number of esters is 1. The number of rotatable bonds is 4. The maximum Gasteiger partial charge on any atom is 0.306 e. The van der Waals surface area contributed by atoms with E-state index >= 15 is 0 Å². The van der Waals surface area contributed by atoms with E-state index < -0.39 is 5.41 Å². The van der Waals surface area contributed by atoms with Crippen LogP contribution in [-0.2, 0) is 9.53 Å². The average Bonchev–Trinajstić information content (AvgIpc) is 2.28.